The summed E-state index contributed by atoms with van der Waals surface area (Å²) in [6.45, 7) is 9.81. The van der Waals surface area contributed by atoms with Crippen LogP contribution in [0.15, 0.2) is 22.7 Å². The van der Waals surface area contributed by atoms with E-state index in [1.807, 2.05) is 19.1 Å². The molecule has 0 bridgehead atoms. The SMILES string of the molecule is Cc1nc(C2(NC(=O)C(C)Oc3cc(C(C)C)ccc3C)CCCC2)no1. The first kappa shape index (κ1) is 19.4. The Morgan fingerprint density at radius 3 is 2.52 bits per heavy atom. The number of nitrogens with zero attached hydrogens (tertiary/aromatic N) is 2. The summed E-state index contributed by atoms with van der Waals surface area (Å²) in [5, 5.41) is 7.22. The van der Waals surface area contributed by atoms with Gasteiger partial charge < -0.3 is 14.6 Å². The molecule has 0 aliphatic heterocycles. The Morgan fingerprint density at radius 2 is 1.93 bits per heavy atom. The molecule has 1 saturated carbocycles. The number of carbonyl (C=O) groups is 1. The molecule has 1 fully saturated rings. The first-order valence-electron chi connectivity index (χ1n) is 9.71. The van der Waals surface area contributed by atoms with Crippen LogP contribution in [0, 0.1) is 13.8 Å². The fourth-order valence-corrected chi connectivity index (χ4v) is 3.56. The lowest BCUT2D eigenvalue weighted by atomic mass is 9.96. The maximum atomic E-state index is 12.9. The normalized spacial score (nSPS) is 17.1. The monoisotopic (exact) mass is 371 g/mol. The van der Waals surface area contributed by atoms with Crippen molar-refractivity contribution in [3.05, 3.63) is 41.0 Å². The van der Waals surface area contributed by atoms with Crippen molar-refractivity contribution in [1.82, 2.24) is 15.5 Å². The van der Waals surface area contributed by atoms with Crippen molar-refractivity contribution in [2.45, 2.75) is 77.9 Å². The molecule has 1 aliphatic rings. The number of hydrogen-bond acceptors (Lipinski definition) is 5. The van der Waals surface area contributed by atoms with Gasteiger partial charge in [-0.3, -0.25) is 4.79 Å². The third-order valence-electron chi connectivity index (χ3n) is 5.33. The van der Waals surface area contributed by atoms with E-state index >= 15 is 0 Å². The first-order chi connectivity index (χ1) is 12.8. The van der Waals surface area contributed by atoms with E-state index in [-0.39, 0.29) is 5.91 Å². The Bertz CT molecular complexity index is 807. The Balaban J connectivity index is 1.74. The van der Waals surface area contributed by atoms with Gasteiger partial charge in [0.05, 0.1) is 0 Å². The molecule has 27 heavy (non-hydrogen) atoms. The highest BCUT2D eigenvalue weighted by Gasteiger charge is 2.42. The van der Waals surface area contributed by atoms with Crippen molar-refractivity contribution < 1.29 is 14.1 Å². The van der Waals surface area contributed by atoms with Gasteiger partial charge >= 0.3 is 0 Å². The van der Waals surface area contributed by atoms with Gasteiger partial charge in [0.2, 0.25) is 5.89 Å². The number of nitrogens with one attached hydrogen (secondary N) is 1. The summed E-state index contributed by atoms with van der Waals surface area (Å²) in [5.74, 6) is 2.07. The summed E-state index contributed by atoms with van der Waals surface area (Å²) in [4.78, 5) is 17.3. The van der Waals surface area contributed by atoms with Gasteiger partial charge in [0, 0.05) is 6.92 Å². The zero-order chi connectivity index (χ0) is 19.6. The first-order valence-corrected chi connectivity index (χ1v) is 9.71. The van der Waals surface area contributed by atoms with Gasteiger partial charge in [0.1, 0.15) is 11.3 Å². The van der Waals surface area contributed by atoms with Gasteiger partial charge in [-0.15, -0.1) is 0 Å². The molecule has 1 atom stereocenters. The number of carbonyl (C=O) groups excluding carboxylic acids is 1. The number of hydrogen-bond donors (Lipinski definition) is 1. The zero-order valence-electron chi connectivity index (χ0n) is 16.8. The number of rotatable bonds is 6. The molecule has 1 aromatic heterocycles. The van der Waals surface area contributed by atoms with Crippen LogP contribution in [0.2, 0.25) is 0 Å². The lowest BCUT2D eigenvalue weighted by molar-refractivity contribution is -0.129. The molecule has 0 saturated heterocycles. The minimum Gasteiger partial charge on any atom is -0.481 e. The van der Waals surface area contributed by atoms with E-state index in [2.05, 4.69) is 35.4 Å². The molecule has 2 aromatic rings. The summed E-state index contributed by atoms with van der Waals surface area (Å²) in [6, 6.07) is 6.16. The molecule has 6 nitrogen and oxygen atoms in total. The lowest BCUT2D eigenvalue weighted by Crippen LogP contribution is -2.49. The third-order valence-corrected chi connectivity index (χ3v) is 5.33. The largest absolute Gasteiger partial charge is 0.481 e. The van der Waals surface area contributed by atoms with E-state index in [1.165, 1.54) is 5.56 Å². The second kappa shape index (κ2) is 7.71. The quantitative estimate of drug-likeness (QED) is 0.825. The van der Waals surface area contributed by atoms with Gasteiger partial charge in [-0.1, -0.05) is 44.0 Å². The Kier molecular flexibility index (Phi) is 5.53. The van der Waals surface area contributed by atoms with E-state index in [0.29, 0.717) is 17.6 Å². The molecule has 0 spiro atoms. The van der Waals surface area contributed by atoms with Crippen LogP contribution in [0.1, 0.15) is 75.2 Å². The summed E-state index contributed by atoms with van der Waals surface area (Å²) in [6.07, 6.45) is 3.06. The molecule has 0 radical (unpaired) electrons. The zero-order valence-corrected chi connectivity index (χ0v) is 16.8. The predicted molar refractivity (Wildman–Crippen MR) is 103 cm³/mol. The van der Waals surface area contributed by atoms with Crippen LogP contribution >= 0.6 is 0 Å². The number of amides is 1. The third kappa shape index (κ3) is 4.15. The number of benzene rings is 1. The molecular weight excluding hydrogens is 342 g/mol. The second-order valence-electron chi connectivity index (χ2n) is 7.86. The van der Waals surface area contributed by atoms with Crippen LogP contribution in [-0.4, -0.2) is 22.2 Å². The smallest absolute Gasteiger partial charge is 0.261 e. The van der Waals surface area contributed by atoms with Gasteiger partial charge in [0.15, 0.2) is 11.9 Å². The molecule has 6 heteroatoms. The number of aryl methyl sites for hydroxylation is 2. The second-order valence-corrected chi connectivity index (χ2v) is 7.86. The number of ether oxygens (including phenoxy) is 1. The highest BCUT2D eigenvalue weighted by molar-refractivity contribution is 5.81. The van der Waals surface area contributed by atoms with Crippen molar-refractivity contribution in [3.63, 3.8) is 0 Å². The van der Waals surface area contributed by atoms with Gasteiger partial charge in [-0.05, 0) is 49.8 Å². The molecule has 1 amide bonds. The van der Waals surface area contributed by atoms with Crippen molar-refractivity contribution in [2.75, 3.05) is 0 Å². The highest BCUT2D eigenvalue weighted by atomic mass is 16.5. The van der Waals surface area contributed by atoms with Crippen molar-refractivity contribution in [3.8, 4) is 5.75 Å². The fraction of sp³-hybridized carbons (Fsp3) is 0.571. The van der Waals surface area contributed by atoms with E-state index in [4.69, 9.17) is 9.26 Å². The maximum absolute atomic E-state index is 12.9. The standard InChI is InChI=1S/C21H29N3O3/c1-13(2)17-9-8-14(3)18(12-17)26-15(4)19(25)23-21(10-6-7-11-21)20-22-16(5)27-24-20/h8-9,12-13,15H,6-7,10-11H2,1-5H3,(H,23,25). The van der Waals surface area contributed by atoms with E-state index in [1.54, 1.807) is 13.8 Å². The molecular formula is C21H29N3O3. The molecule has 1 heterocycles. The fourth-order valence-electron chi connectivity index (χ4n) is 3.56. The van der Waals surface area contributed by atoms with Crippen LogP contribution in [-0.2, 0) is 10.3 Å². The minimum atomic E-state index is -0.614. The predicted octanol–water partition coefficient (Wildman–Crippen LogP) is 4.16. The topological polar surface area (TPSA) is 77.2 Å². The van der Waals surface area contributed by atoms with Crippen LogP contribution in [0.3, 0.4) is 0 Å². The van der Waals surface area contributed by atoms with Gasteiger partial charge in [0.25, 0.3) is 5.91 Å². The Labute approximate surface area is 160 Å². The van der Waals surface area contributed by atoms with E-state index < -0.39 is 11.6 Å². The maximum Gasteiger partial charge on any atom is 0.261 e. The minimum absolute atomic E-state index is 0.159. The average Bonchev–Trinajstić information content (AvgIpc) is 3.26. The molecule has 1 aromatic carbocycles. The van der Waals surface area contributed by atoms with Crippen LogP contribution in [0.5, 0.6) is 5.75 Å². The van der Waals surface area contributed by atoms with Crippen molar-refractivity contribution in [2.24, 2.45) is 0 Å². The van der Waals surface area contributed by atoms with Crippen molar-refractivity contribution in [1.29, 1.82) is 0 Å². The molecule has 3 rings (SSSR count). The molecule has 1 aliphatic carbocycles. The van der Waals surface area contributed by atoms with E-state index in [9.17, 15) is 4.79 Å². The number of aromatic nitrogens is 2. The van der Waals surface area contributed by atoms with Crippen LogP contribution < -0.4 is 10.1 Å². The lowest BCUT2D eigenvalue weighted by Gasteiger charge is -2.28. The summed E-state index contributed by atoms with van der Waals surface area (Å²) >= 11 is 0. The van der Waals surface area contributed by atoms with Crippen molar-refractivity contribution >= 4 is 5.91 Å². The Morgan fingerprint density at radius 1 is 1.22 bits per heavy atom. The molecule has 146 valence electrons. The molecule has 1 N–H and O–H groups in total. The van der Waals surface area contributed by atoms with Crippen LogP contribution in [0.4, 0.5) is 0 Å². The van der Waals surface area contributed by atoms with Gasteiger partial charge in [-0.25, -0.2) is 0 Å². The summed E-state index contributed by atoms with van der Waals surface area (Å²) < 4.78 is 11.2. The Hall–Kier alpha value is -2.37. The summed E-state index contributed by atoms with van der Waals surface area (Å²) in [7, 11) is 0. The van der Waals surface area contributed by atoms with Crippen LogP contribution in [0.25, 0.3) is 0 Å². The van der Waals surface area contributed by atoms with Gasteiger partial charge in [-0.2, -0.15) is 4.98 Å². The molecule has 1 unspecified atom stereocenters. The van der Waals surface area contributed by atoms with E-state index in [0.717, 1.165) is 37.0 Å². The average molecular weight is 371 g/mol. The summed E-state index contributed by atoms with van der Waals surface area (Å²) in [5.41, 5.74) is 1.66. The highest BCUT2D eigenvalue weighted by Crippen LogP contribution is 2.37.